The fourth-order valence-electron chi connectivity index (χ4n) is 0.984. The molecule has 0 aliphatic rings. The van der Waals surface area contributed by atoms with Crippen molar-refractivity contribution in [3.05, 3.63) is 35.9 Å². The molecule has 0 aromatic heterocycles. The summed E-state index contributed by atoms with van der Waals surface area (Å²) in [6.07, 6.45) is -0.815. The van der Waals surface area contributed by atoms with Crippen molar-refractivity contribution in [1.29, 1.82) is 0 Å². The molecule has 17 heavy (non-hydrogen) atoms. The zero-order chi connectivity index (χ0) is 13.4. The zero-order valence-electron chi connectivity index (χ0n) is 10.4. The Morgan fingerprint density at radius 1 is 1.00 bits per heavy atom. The molecule has 2 atom stereocenters. The molecule has 4 heteroatoms. The van der Waals surface area contributed by atoms with Crippen LogP contribution >= 0.6 is 0 Å². The van der Waals surface area contributed by atoms with Gasteiger partial charge in [0.2, 0.25) is 0 Å². The van der Waals surface area contributed by atoms with Crippen LogP contribution in [0.3, 0.4) is 0 Å². The van der Waals surface area contributed by atoms with Crippen LogP contribution in [0, 0.1) is 5.92 Å². The molecule has 0 fully saturated rings. The summed E-state index contributed by atoms with van der Waals surface area (Å²) in [7, 11) is 0. The highest BCUT2D eigenvalue weighted by Crippen LogP contribution is 2.06. The van der Waals surface area contributed by atoms with Gasteiger partial charge in [-0.1, -0.05) is 25.1 Å². The van der Waals surface area contributed by atoms with Crippen LogP contribution in [0.5, 0.6) is 0 Å². The quantitative estimate of drug-likeness (QED) is 0.752. The molecule has 0 aliphatic heterocycles. The Bertz CT molecular complexity index is 311. The second-order valence-corrected chi connectivity index (χ2v) is 4.01. The second kappa shape index (κ2) is 7.81. The minimum absolute atomic E-state index is 0.0185. The summed E-state index contributed by atoms with van der Waals surface area (Å²) in [6, 6.07) is 8.30. The SMILES string of the molecule is CC(O)C(C)C(C)O.O=C(O)c1ccccc1. The number of rotatable bonds is 3. The van der Waals surface area contributed by atoms with Crippen molar-refractivity contribution < 1.29 is 20.1 Å². The summed E-state index contributed by atoms with van der Waals surface area (Å²) in [6.45, 7) is 5.17. The maximum atomic E-state index is 10.2. The van der Waals surface area contributed by atoms with E-state index < -0.39 is 18.2 Å². The number of carbonyl (C=O) groups is 1. The first-order valence-corrected chi connectivity index (χ1v) is 5.50. The number of aliphatic hydroxyl groups excluding tert-OH is 2. The molecule has 0 saturated carbocycles. The minimum Gasteiger partial charge on any atom is -0.478 e. The number of hydrogen-bond donors (Lipinski definition) is 3. The van der Waals surface area contributed by atoms with E-state index in [-0.39, 0.29) is 5.92 Å². The lowest BCUT2D eigenvalue weighted by molar-refractivity contribution is 0.0420. The van der Waals surface area contributed by atoms with Gasteiger partial charge in [0.05, 0.1) is 17.8 Å². The molecule has 0 amide bonds. The zero-order valence-corrected chi connectivity index (χ0v) is 10.4. The first kappa shape index (κ1) is 15.6. The standard InChI is InChI=1S/C7H6O2.C6H14O2/c8-7(9)6-4-2-1-3-5-6;1-4(5(2)7)6(3)8/h1-5H,(H,8,9);4-8H,1-3H3. The van der Waals surface area contributed by atoms with Gasteiger partial charge in [-0.05, 0) is 26.0 Å². The molecule has 2 unspecified atom stereocenters. The highest BCUT2D eigenvalue weighted by molar-refractivity contribution is 5.87. The average Bonchev–Trinajstić information content (AvgIpc) is 2.29. The topological polar surface area (TPSA) is 77.8 Å². The van der Waals surface area contributed by atoms with E-state index in [0.29, 0.717) is 5.56 Å². The molecule has 3 N–H and O–H groups in total. The van der Waals surface area contributed by atoms with E-state index in [1.165, 1.54) is 0 Å². The Hall–Kier alpha value is -1.39. The van der Waals surface area contributed by atoms with Crippen LogP contribution in [0.15, 0.2) is 30.3 Å². The first-order chi connectivity index (χ1) is 7.86. The number of aromatic carboxylic acids is 1. The number of carboxylic acid groups (broad SMARTS) is 1. The molecule has 1 aromatic carbocycles. The monoisotopic (exact) mass is 240 g/mol. The normalized spacial score (nSPS) is 15.1. The second-order valence-electron chi connectivity index (χ2n) is 4.01. The molecule has 4 nitrogen and oxygen atoms in total. The Morgan fingerprint density at radius 3 is 1.59 bits per heavy atom. The van der Waals surface area contributed by atoms with Gasteiger partial charge < -0.3 is 15.3 Å². The van der Waals surface area contributed by atoms with Crippen LogP contribution in [0.25, 0.3) is 0 Å². The number of carboxylic acids is 1. The minimum atomic E-state index is -0.879. The van der Waals surface area contributed by atoms with E-state index in [4.69, 9.17) is 15.3 Å². The average molecular weight is 240 g/mol. The van der Waals surface area contributed by atoms with Crippen molar-refractivity contribution >= 4 is 5.97 Å². The molecule has 0 heterocycles. The third-order valence-electron chi connectivity index (χ3n) is 2.54. The van der Waals surface area contributed by atoms with Crippen LogP contribution < -0.4 is 0 Å². The Labute approximate surface area is 102 Å². The number of aliphatic hydroxyl groups is 2. The third kappa shape index (κ3) is 6.71. The lowest BCUT2D eigenvalue weighted by Crippen LogP contribution is -2.24. The van der Waals surface area contributed by atoms with Gasteiger partial charge in [0.15, 0.2) is 0 Å². The molecule has 0 bridgehead atoms. The van der Waals surface area contributed by atoms with Gasteiger partial charge >= 0.3 is 5.97 Å². The molecule has 0 radical (unpaired) electrons. The van der Waals surface area contributed by atoms with Crippen molar-refractivity contribution in [2.45, 2.75) is 33.0 Å². The van der Waals surface area contributed by atoms with Gasteiger partial charge in [-0.3, -0.25) is 0 Å². The van der Waals surface area contributed by atoms with Crippen LogP contribution in [0.2, 0.25) is 0 Å². The van der Waals surface area contributed by atoms with Crippen LogP contribution in [-0.4, -0.2) is 33.5 Å². The highest BCUT2D eigenvalue weighted by atomic mass is 16.4. The number of hydrogen-bond acceptors (Lipinski definition) is 3. The Morgan fingerprint density at radius 2 is 1.41 bits per heavy atom. The van der Waals surface area contributed by atoms with E-state index in [1.54, 1.807) is 44.2 Å². The summed E-state index contributed by atoms with van der Waals surface area (Å²) >= 11 is 0. The van der Waals surface area contributed by atoms with E-state index >= 15 is 0 Å². The largest absolute Gasteiger partial charge is 0.478 e. The molecule has 96 valence electrons. The van der Waals surface area contributed by atoms with Gasteiger partial charge in [0, 0.05) is 5.92 Å². The summed E-state index contributed by atoms with van der Waals surface area (Å²) in [5.41, 5.74) is 0.331. The Kier molecular flexibility index (Phi) is 7.18. The van der Waals surface area contributed by atoms with Crippen molar-refractivity contribution in [2.75, 3.05) is 0 Å². The molecule has 0 saturated heterocycles. The smallest absolute Gasteiger partial charge is 0.335 e. The molecular weight excluding hydrogens is 220 g/mol. The van der Waals surface area contributed by atoms with Crippen molar-refractivity contribution in [3.63, 3.8) is 0 Å². The van der Waals surface area contributed by atoms with E-state index in [0.717, 1.165) is 0 Å². The first-order valence-electron chi connectivity index (χ1n) is 5.50. The summed E-state index contributed by atoms with van der Waals surface area (Å²) < 4.78 is 0. The van der Waals surface area contributed by atoms with Crippen LogP contribution in [0.4, 0.5) is 0 Å². The maximum Gasteiger partial charge on any atom is 0.335 e. The van der Waals surface area contributed by atoms with Crippen LogP contribution in [0.1, 0.15) is 31.1 Å². The summed E-state index contributed by atoms with van der Waals surface area (Å²) in [5.74, 6) is -0.898. The Balaban J connectivity index is 0.000000304. The van der Waals surface area contributed by atoms with Crippen molar-refractivity contribution in [1.82, 2.24) is 0 Å². The van der Waals surface area contributed by atoms with E-state index in [1.807, 2.05) is 6.92 Å². The van der Waals surface area contributed by atoms with E-state index in [9.17, 15) is 4.79 Å². The molecule has 0 aliphatic carbocycles. The fourth-order valence-corrected chi connectivity index (χ4v) is 0.984. The van der Waals surface area contributed by atoms with Gasteiger partial charge in [-0.25, -0.2) is 4.79 Å². The predicted molar refractivity (Wildman–Crippen MR) is 65.9 cm³/mol. The lowest BCUT2D eigenvalue weighted by atomic mass is 10.0. The summed E-state index contributed by atoms with van der Waals surface area (Å²) in [4.78, 5) is 10.2. The molecule has 1 aromatic rings. The molecule has 1 rings (SSSR count). The number of benzene rings is 1. The van der Waals surface area contributed by atoms with E-state index in [2.05, 4.69) is 0 Å². The van der Waals surface area contributed by atoms with Gasteiger partial charge in [-0.2, -0.15) is 0 Å². The maximum absolute atomic E-state index is 10.2. The van der Waals surface area contributed by atoms with Crippen molar-refractivity contribution in [3.8, 4) is 0 Å². The van der Waals surface area contributed by atoms with Crippen LogP contribution in [-0.2, 0) is 0 Å². The summed E-state index contributed by atoms with van der Waals surface area (Å²) in [5, 5.41) is 26.0. The van der Waals surface area contributed by atoms with Gasteiger partial charge in [-0.15, -0.1) is 0 Å². The lowest BCUT2D eigenvalue weighted by Gasteiger charge is -2.16. The van der Waals surface area contributed by atoms with Gasteiger partial charge in [0.25, 0.3) is 0 Å². The third-order valence-corrected chi connectivity index (χ3v) is 2.54. The molecular formula is C13H20O4. The molecule has 0 spiro atoms. The van der Waals surface area contributed by atoms with Gasteiger partial charge in [0.1, 0.15) is 0 Å². The highest BCUT2D eigenvalue weighted by Gasteiger charge is 2.13. The van der Waals surface area contributed by atoms with Crippen molar-refractivity contribution in [2.24, 2.45) is 5.92 Å². The fraction of sp³-hybridized carbons (Fsp3) is 0.462. The predicted octanol–water partition coefficient (Wildman–Crippen LogP) is 1.77.